The van der Waals surface area contributed by atoms with Gasteiger partial charge in [-0.3, -0.25) is 4.98 Å². The fraction of sp³-hybridized carbons (Fsp3) is 0. The van der Waals surface area contributed by atoms with Crippen LogP contribution in [0.3, 0.4) is 0 Å². The number of para-hydroxylation sites is 1. The minimum Gasteiger partial charge on any atom is -0.255 e. The van der Waals surface area contributed by atoms with Crippen molar-refractivity contribution in [2.75, 3.05) is 0 Å². The Morgan fingerprint density at radius 3 is 1.68 bits per heavy atom. The van der Waals surface area contributed by atoms with E-state index in [2.05, 4.69) is 4.98 Å². The lowest BCUT2D eigenvalue weighted by Gasteiger charge is -2.09. The third-order valence-electron chi connectivity index (χ3n) is 4.57. The van der Waals surface area contributed by atoms with E-state index in [0.717, 1.165) is 27.6 Å². The topological polar surface area (TPSA) is 51.6 Å². The molecule has 0 fully saturated rings. The Kier molecular flexibility index (Phi) is 4.07. The van der Waals surface area contributed by atoms with Gasteiger partial charge in [-0.15, -0.1) is 0 Å². The number of benzene rings is 3. The Bertz CT molecular complexity index is 1190. The minimum absolute atomic E-state index is 0.622. The van der Waals surface area contributed by atoms with Gasteiger partial charge in [0.1, 0.15) is 0 Å². The average molecular weight is 360 g/mol. The van der Waals surface area contributed by atoms with E-state index in [1.165, 1.54) is 0 Å². The minimum atomic E-state index is 0.622. The highest BCUT2D eigenvalue weighted by Crippen LogP contribution is 2.28. The van der Waals surface area contributed by atoms with E-state index < -0.39 is 0 Å². The molecule has 0 unspecified atom stereocenters. The number of fused-ring (bicyclic) bond motifs is 1. The van der Waals surface area contributed by atoms with Crippen LogP contribution in [0.5, 0.6) is 0 Å². The summed E-state index contributed by atoms with van der Waals surface area (Å²) in [6.07, 6.45) is 1.79. The van der Waals surface area contributed by atoms with Crippen LogP contribution in [-0.2, 0) is 0 Å². The molecule has 28 heavy (non-hydrogen) atoms. The number of hydrogen-bond donors (Lipinski definition) is 0. The maximum atomic E-state index is 4.79. The van der Waals surface area contributed by atoms with Crippen LogP contribution in [0.15, 0.2) is 97.2 Å². The lowest BCUT2D eigenvalue weighted by Crippen LogP contribution is -2.00. The summed E-state index contributed by atoms with van der Waals surface area (Å²) in [5, 5.41) is 1.06. The Hall–Kier alpha value is -3.92. The van der Waals surface area contributed by atoms with E-state index in [0.29, 0.717) is 17.5 Å². The summed E-state index contributed by atoms with van der Waals surface area (Å²) >= 11 is 0. The summed E-state index contributed by atoms with van der Waals surface area (Å²) in [6.45, 7) is 0. The van der Waals surface area contributed by atoms with Crippen LogP contribution in [-0.4, -0.2) is 19.9 Å². The van der Waals surface area contributed by atoms with E-state index in [-0.39, 0.29) is 0 Å². The van der Waals surface area contributed by atoms with Gasteiger partial charge in [-0.2, -0.15) is 0 Å². The molecule has 2 heterocycles. The predicted octanol–water partition coefficient (Wildman–Crippen LogP) is 5.42. The first kappa shape index (κ1) is 16.3. The van der Waals surface area contributed by atoms with Gasteiger partial charge < -0.3 is 0 Å². The zero-order valence-electron chi connectivity index (χ0n) is 15.0. The van der Waals surface area contributed by atoms with Gasteiger partial charge in [-0.1, -0.05) is 78.9 Å². The number of rotatable bonds is 3. The van der Waals surface area contributed by atoms with Crippen molar-refractivity contribution in [2.24, 2.45) is 0 Å². The van der Waals surface area contributed by atoms with Crippen LogP contribution in [0.1, 0.15) is 0 Å². The Labute approximate surface area is 162 Å². The van der Waals surface area contributed by atoms with Crippen LogP contribution < -0.4 is 0 Å². The molecule has 2 aromatic heterocycles. The summed E-state index contributed by atoms with van der Waals surface area (Å²) in [4.78, 5) is 18.9. The zero-order valence-corrected chi connectivity index (χ0v) is 15.0. The van der Waals surface area contributed by atoms with Gasteiger partial charge in [0.15, 0.2) is 17.5 Å². The molecule has 5 aromatic rings. The first-order valence-electron chi connectivity index (χ1n) is 9.09. The molecule has 0 aliphatic carbocycles. The Morgan fingerprint density at radius 2 is 1.04 bits per heavy atom. The molecular weight excluding hydrogens is 344 g/mol. The van der Waals surface area contributed by atoms with Crippen LogP contribution >= 0.6 is 0 Å². The van der Waals surface area contributed by atoms with Crippen molar-refractivity contribution < 1.29 is 0 Å². The molecule has 4 heteroatoms. The van der Waals surface area contributed by atoms with E-state index in [1.54, 1.807) is 6.20 Å². The van der Waals surface area contributed by atoms with Crippen molar-refractivity contribution in [1.82, 2.24) is 19.9 Å². The Balaban J connectivity index is 1.78. The van der Waals surface area contributed by atoms with Gasteiger partial charge >= 0.3 is 0 Å². The van der Waals surface area contributed by atoms with Crippen LogP contribution in [0.25, 0.3) is 45.1 Å². The summed E-state index contributed by atoms with van der Waals surface area (Å²) < 4.78 is 0. The fourth-order valence-corrected chi connectivity index (χ4v) is 3.21. The molecule has 0 amide bonds. The summed E-state index contributed by atoms with van der Waals surface area (Å²) in [5.74, 6) is 1.92. The van der Waals surface area contributed by atoms with Gasteiger partial charge in [0.25, 0.3) is 0 Å². The average Bonchev–Trinajstić information content (AvgIpc) is 2.79. The molecule has 132 valence electrons. The molecule has 0 saturated carbocycles. The molecule has 0 atom stereocenters. The van der Waals surface area contributed by atoms with E-state index in [9.17, 15) is 0 Å². The summed E-state index contributed by atoms with van der Waals surface area (Å²) in [5.41, 5.74) is 3.69. The van der Waals surface area contributed by atoms with Gasteiger partial charge in [0.05, 0.1) is 5.52 Å². The lowest BCUT2D eigenvalue weighted by atomic mass is 10.1. The third kappa shape index (κ3) is 3.01. The number of pyridine rings is 1. The van der Waals surface area contributed by atoms with E-state index in [1.807, 2.05) is 91.0 Å². The second-order valence-electron chi connectivity index (χ2n) is 6.42. The second kappa shape index (κ2) is 7.00. The number of nitrogens with zero attached hydrogens (tertiary/aromatic N) is 4. The molecule has 4 nitrogen and oxygen atoms in total. The molecule has 0 N–H and O–H groups in total. The standard InChI is InChI=1S/C24H16N4/c1-3-9-18(10-4-1)22-26-23(19-11-5-2-6-12-19)28-24(27-22)20-15-7-13-17-14-8-16-25-21(17)20/h1-16H. The first-order valence-corrected chi connectivity index (χ1v) is 9.09. The molecule has 0 spiro atoms. The molecule has 0 radical (unpaired) electrons. The molecular formula is C24H16N4. The normalized spacial score (nSPS) is 10.9. The Morgan fingerprint density at radius 1 is 0.464 bits per heavy atom. The highest BCUT2D eigenvalue weighted by Gasteiger charge is 2.14. The maximum Gasteiger partial charge on any atom is 0.166 e. The monoisotopic (exact) mass is 360 g/mol. The van der Waals surface area contributed by atoms with Crippen LogP contribution in [0.2, 0.25) is 0 Å². The quantitative estimate of drug-likeness (QED) is 0.431. The molecule has 0 saturated heterocycles. The van der Waals surface area contributed by atoms with Crippen molar-refractivity contribution >= 4 is 10.9 Å². The third-order valence-corrected chi connectivity index (χ3v) is 4.57. The highest BCUT2D eigenvalue weighted by atomic mass is 15.0. The van der Waals surface area contributed by atoms with Crippen molar-refractivity contribution in [2.45, 2.75) is 0 Å². The maximum absolute atomic E-state index is 4.79. The predicted molar refractivity (Wildman–Crippen MR) is 111 cm³/mol. The lowest BCUT2D eigenvalue weighted by molar-refractivity contribution is 1.07. The molecule has 0 bridgehead atoms. The molecule has 0 aliphatic heterocycles. The van der Waals surface area contributed by atoms with Crippen LogP contribution in [0.4, 0.5) is 0 Å². The van der Waals surface area contributed by atoms with Crippen LogP contribution in [0, 0.1) is 0 Å². The smallest absolute Gasteiger partial charge is 0.166 e. The van der Waals surface area contributed by atoms with Gasteiger partial charge in [-0.25, -0.2) is 15.0 Å². The zero-order chi connectivity index (χ0) is 18.8. The van der Waals surface area contributed by atoms with Crippen molar-refractivity contribution in [3.8, 4) is 34.2 Å². The summed E-state index contributed by atoms with van der Waals surface area (Å²) in [7, 11) is 0. The van der Waals surface area contributed by atoms with E-state index >= 15 is 0 Å². The molecule has 0 aliphatic rings. The highest BCUT2D eigenvalue weighted by molar-refractivity contribution is 5.92. The van der Waals surface area contributed by atoms with Crippen molar-refractivity contribution in [1.29, 1.82) is 0 Å². The number of aromatic nitrogens is 4. The SMILES string of the molecule is c1ccc(-c2nc(-c3ccccc3)nc(-c3cccc4cccnc34)n2)cc1. The number of hydrogen-bond acceptors (Lipinski definition) is 4. The van der Waals surface area contributed by atoms with Gasteiger partial charge in [-0.05, 0) is 12.1 Å². The van der Waals surface area contributed by atoms with E-state index in [4.69, 9.17) is 15.0 Å². The summed E-state index contributed by atoms with van der Waals surface area (Å²) in [6, 6.07) is 30.0. The van der Waals surface area contributed by atoms with Crippen molar-refractivity contribution in [3.05, 3.63) is 97.2 Å². The first-order chi connectivity index (χ1) is 13.9. The van der Waals surface area contributed by atoms with Gasteiger partial charge in [0, 0.05) is 28.3 Å². The fourth-order valence-electron chi connectivity index (χ4n) is 3.21. The van der Waals surface area contributed by atoms with Gasteiger partial charge in [0.2, 0.25) is 0 Å². The molecule has 3 aromatic carbocycles. The van der Waals surface area contributed by atoms with Crippen molar-refractivity contribution in [3.63, 3.8) is 0 Å². The molecule has 5 rings (SSSR count). The largest absolute Gasteiger partial charge is 0.255 e. The second-order valence-corrected chi connectivity index (χ2v) is 6.42.